The molecule has 8 heteroatoms. The van der Waals surface area contributed by atoms with E-state index in [1.165, 1.54) is 12.8 Å². The first-order valence-corrected chi connectivity index (χ1v) is 11.7. The number of ether oxygens (including phenoxy) is 3. The maximum atomic E-state index is 12.1. The van der Waals surface area contributed by atoms with Crippen molar-refractivity contribution >= 4 is 6.09 Å². The summed E-state index contributed by atoms with van der Waals surface area (Å²) in [6.07, 6.45) is 11.1. The number of carbonyl (C=O) groups excluding carboxylic acids is 1. The van der Waals surface area contributed by atoms with Crippen molar-refractivity contribution < 1.29 is 19.0 Å². The third-order valence-corrected chi connectivity index (χ3v) is 5.36. The highest BCUT2D eigenvalue weighted by atomic mass is 16.6. The fourth-order valence-corrected chi connectivity index (χ4v) is 3.73. The van der Waals surface area contributed by atoms with Crippen molar-refractivity contribution in [2.45, 2.75) is 64.1 Å². The molecule has 2 saturated heterocycles. The minimum absolute atomic E-state index is 0.0815. The van der Waals surface area contributed by atoms with Gasteiger partial charge in [-0.05, 0) is 77.3 Å². The Labute approximate surface area is 196 Å². The maximum absolute atomic E-state index is 12.1. The molecule has 1 N–H and O–H groups in total. The fourth-order valence-electron chi connectivity index (χ4n) is 3.73. The van der Waals surface area contributed by atoms with Crippen LogP contribution in [-0.2, 0) is 4.74 Å². The van der Waals surface area contributed by atoms with Gasteiger partial charge in [-0.25, -0.2) is 4.79 Å². The fraction of sp³-hybridized carbons (Fsp3) is 0.560. The van der Waals surface area contributed by atoms with Crippen molar-refractivity contribution in [2.75, 3.05) is 26.3 Å². The number of hydrogen-bond donors (Lipinski definition) is 1. The molecule has 33 heavy (non-hydrogen) atoms. The molecule has 0 bridgehead atoms. The first-order valence-electron chi connectivity index (χ1n) is 11.7. The van der Waals surface area contributed by atoms with Gasteiger partial charge in [0.1, 0.15) is 30.3 Å². The zero-order valence-corrected chi connectivity index (χ0v) is 19.9. The van der Waals surface area contributed by atoms with Crippen molar-refractivity contribution in [3.05, 3.63) is 49.1 Å². The molecule has 0 aliphatic carbocycles. The molecule has 0 saturated carbocycles. The predicted molar refractivity (Wildman–Crippen MR) is 126 cm³/mol. The summed E-state index contributed by atoms with van der Waals surface area (Å²) in [6, 6.07) is 8.01. The summed E-state index contributed by atoms with van der Waals surface area (Å²) in [5.41, 5.74) is -0.462. The number of likely N-dealkylation sites (tertiary alicyclic amines) is 1. The Kier molecular flexibility index (Phi) is 9.30. The van der Waals surface area contributed by atoms with Crippen LogP contribution in [0.15, 0.2) is 49.1 Å². The number of nitrogens with one attached hydrogen (secondary N) is 1. The van der Waals surface area contributed by atoms with Crippen molar-refractivity contribution in [3.63, 3.8) is 0 Å². The van der Waals surface area contributed by atoms with Gasteiger partial charge in [0.05, 0.1) is 6.04 Å². The van der Waals surface area contributed by atoms with Gasteiger partial charge in [-0.1, -0.05) is 0 Å². The van der Waals surface area contributed by atoms with Crippen LogP contribution in [-0.4, -0.2) is 64.9 Å². The van der Waals surface area contributed by atoms with Crippen molar-refractivity contribution in [1.29, 1.82) is 0 Å². The normalized spacial score (nSPS) is 20.0. The highest BCUT2D eigenvalue weighted by Crippen LogP contribution is 2.22. The zero-order valence-electron chi connectivity index (χ0n) is 19.9. The second-order valence-electron chi connectivity index (χ2n) is 9.25. The Balaban J connectivity index is 0.000000203. The molecule has 8 nitrogen and oxygen atoms in total. The molecule has 1 amide bonds. The van der Waals surface area contributed by atoms with Crippen LogP contribution in [0, 0.1) is 0 Å². The molecule has 0 unspecified atom stereocenters. The number of amides is 1. The quantitative estimate of drug-likeness (QED) is 0.701. The van der Waals surface area contributed by atoms with Crippen LogP contribution in [0.1, 0.15) is 46.5 Å². The molecule has 0 aromatic carbocycles. The highest BCUT2D eigenvalue weighted by molar-refractivity contribution is 5.69. The standard InChI is InChI=1S/C15H22N2O3.C10H14N2O/c1-15(2,3)20-14(18)17-10-4-5-12(17)11-19-13-6-8-16-9-7-13;1-2-9(12-5-1)8-13-10-3-6-11-7-4-10/h6-9,12H,4-5,10-11H2,1-3H3;3-4,6-7,9,12H,1-2,5,8H2/t12-;9-/m00/s1. The van der Waals surface area contributed by atoms with E-state index >= 15 is 0 Å². The Morgan fingerprint density at radius 3 is 2.12 bits per heavy atom. The van der Waals surface area contributed by atoms with Gasteiger partial charge in [0.2, 0.25) is 0 Å². The van der Waals surface area contributed by atoms with Crippen molar-refractivity contribution in [2.24, 2.45) is 0 Å². The first kappa shape index (κ1) is 24.8. The molecular weight excluding hydrogens is 420 g/mol. The first-order chi connectivity index (χ1) is 15.9. The Morgan fingerprint density at radius 1 is 0.970 bits per heavy atom. The third-order valence-electron chi connectivity index (χ3n) is 5.36. The van der Waals surface area contributed by atoms with Crippen molar-refractivity contribution in [1.82, 2.24) is 20.2 Å². The Morgan fingerprint density at radius 2 is 1.58 bits per heavy atom. The van der Waals surface area contributed by atoms with E-state index in [0.717, 1.165) is 44.0 Å². The van der Waals surface area contributed by atoms with E-state index in [1.807, 2.05) is 45.0 Å². The number of hydrogen-bond acceptors (Lipinski definition) is 7. The van der Waals surface area contributed by atoms with E-state index in [0.29, 0.717) is 12.6 Å². The number of nitrogens with zero attached hydrogens (tertiary/aromatic N) is 3. The summed E-state index contributed by atoms with van der Waals surface area (Å²) in [7, 11) is 0. The van der Waals surface area contributed by atoms with Crippen LogP contribution in [0.2, 0.25) is 0 Å². The van der Waals surface area contributed by atoms with Gasteiger partial charge in [0.15, 0.2) is 0 Å². The van der Waals surface area contributed by atoms with Gasteiger partial charge < -0.3 is 24.4 Å². The lowest BCUT2D eigenvalue weighted by Gasteiger charge is -2.28. The van der Waals surface area contributed by atoms with Crippen LogP contribution < -0.4 is 14.8 Å². The summed E-state index contributed by atoms with van der Waals surface area (Å²) in [4.78, 5) is 21.8. The van der Waals surface area contributed by atoms with Crippen LogP contribution >= 0.6 is 0 Å². The average Bonchev–Trinajstić information content (AvgIpc) is 3.49. The summed E-state index contributed by atoms with van der Waals surface area (Å²) in [5, 5.41) is 3.39. The predicted octanol–water partition coefficient (Wildman–Crippen LogP) is 4.07. The van der Waals surface area contributed by atoms with E-state index in [4.69, 9.17) is 14.2 Å². The maximum Gasteiger partial charge on any atom is 0.410 e. The molecule has 0 spiro atoms. The minimum atomic E-state index is -0.462. The van der Waals surface area contributed by atoms with E-state index in [9.17, 15) is 4.79 Å². The lowest BCUT2D eigenvalue weighted by Crippen LogP contribution is -2.42. The zero-order chi connectivity index (χ0) is 23.5. The number of rotatable bonds is 6. The second-order valence-corrected chi connectivity index (χ2v) is 9.25. The molecule has 4 rings (SSSR count). The minimum Gasteiger partial charge on any atom is -0.492 e. The molecule has 4 heterocycles. The second kappa shape index (κ2) is 12.4. The molecule has 2 aliphatic heterocycles. The van der Waals surface area contributed by atoms with E-state index in [-0.39, 0.29) is 12.1 Å². The van der Waals surface area contributed by atoms with E-state index < -0.39 is 5.60 Å². The molecule has 2 aromatic heterocycles. The summed E-state index contributed by atoms with van der Waals surface area (Å²) in [5.74, 6) is 1.68. The molecule has 0 radical (unpaired) electrons. The molecule has 2 atom stereocenters. The van der Waals surface area contributed by atoms with E-state index in [1.54, 1.807) is 29.7 Å². The van der Waals surface area contributed by atoms with Gasteiger partial charge in [-0.2, -0.15) is 0 Å². The van der Waals surface area contributed by atoms with Gasteiger partial charge in [-0.15, -0.1) is 0 Å². The monoisotopic (exact) mass is 456 g/mol. The Hall–Kier alpha value is -2.87. The largest absolute Gasteiger partial charge is 0.492 e. The SMILES string of the molecule is CC(C)(C)OC(=O)N1CCC[C@H]1COc1ccncc1.c1cc(OC[C@@H]2CCCN2)ccn1. The summed E-state index contributed by atoms with van der Waals surface area (Å²) >= 11 is 0. The number of aromatic nitrogens is 2. The van der Waals surface area contributed by atoms with Gasteiger partial charge >= 0.3 is 6.09 Å². The van der Waals surface area contributed by atoms with Crippen LogP contribution in [0.5, 0.6) is 11.5 Å². The van der Waals surface area contributed by atoms with E-state index in [2.05, 4.69) is 15.3 Å². The molecule has 2 aromatic rings. The topological polar surface area (TPSA) is 85.8 Å². The van der Waals surface area contributed by atoms with Gasteiger partial charge in [0.25, 0.3) is 0 Å². The average molecular weight is 457 g/mol. The van der Waals surface area contributed by atoms with Crippen molar-refractivity contribution in [3.8, 4) is 11.5 Å². The van der Waals surface area contributed by atoms with Crippen LogP contribution in [0.4, 0.5) is 4.79 Å². The lowest BCUT2D eigenvalue weighted by atomic mass is 10.2. The van der Waals surface area contributed by atoms with Gasteiger partial charge in [-0.3, -0.25) is 9.97 Å². The summed E-state index contributed by atoms with van der Waals surface area (Å²) in [6.45, 7) is 8.76. The highest BCUT2D eigenvalue weighted by Gasteiger charge is 2.32. The van der Waals surface area contributed by atoms with Crippen LogP contribution in [0.3, 0.4) is 0 Å². The molecule has 180 valence electrons. The summed E-state index contributed by atoms with van der Waals surface area (Å²) < 4.78 is 16.7. The van der Waals surface area contributed by atoms with Crippen LogP contribution in [0.25, 0.3) is 0 Å². The molecular formula is C25H36N4O4. The number of pyridine rings is 2. The smallest absolute Gasteiger partial charge is 0.410 e. The molecule has 2 fully saturated rings. The Bertz CT molecular complexity index is 823. The number of carbonyl (C=O) groups is 1. The molecule has 2 aliphatic rings. The lowest BCUT2D eigenvalue weighted by molar-refractivity contribution is 0.0187. The van der Waals surface area contributed by atoms with Gasteiger partial charge in [0, 0.05) is 37.4 Å². The third kappa shape index (κ3) is 8.88.